The maximum absolute atomic E-state index is 12.0. The minimum atomic E-state index is -2.41. The first-order valence-corrected chi connectivity index (χ1v) is 5.90. The molecule has 0 aliphatic heterocycles. The van der Waals surface area contributed by atoms with E-state index in [2.05, 4.69) is 4.74 Å². The first kappa shape index (κ1) is 15.0. The Hall–Kier alpha value is -2.01. The van der Waals surface area contributed by atoms with Crippen molar-refractivity contribution < 1.29 is 24.2 Å². The van der Waals surface area contributed by atoms with Crippen LogP contribution in [-0.2, 0) is 14.3 Å². The van der Waals surface area contributed by atoms with Gasteiger partial charge in [0.2, 0.25) is 5.60 Å². The van der Waals surface area contributed by atoms with Crippen molar-refractivity contribution >= 4 is 17.5 Å². The van der Waals surface area contributed by atoms with Crippen LogP contribution < -0.4 is 0 Å². The van der Waals surface area contributed by atoms with E-state index in [0.717, 1.165) is 6.92 Å². The molecule has 0 radical (unpaired) electrons. The number of ketones is 2. The Bertz CT molecular complexity index is 480. The summed E-state index contributed by atoms with van der Waals surface area (Å²) < 4.78 is 4.64. The minimum absolute atomic E-state index is 0.0218. The Morgan fingerprint density at radius 3 is 2.26 bits per heavy atom. The van der Waals surface area contributed by atoms with Crippen molar-refractivity contribution in [1.82, 2.24) is 0 Å². The fourth-order valence-corrected chi connectivity index (χ4v) is 1.55. The largest absolute Gasteiger partial charge is 0.464 e. The Morgan fingerprint density at radius 1 is 1.21 bits per heavy atom. The highest BCUT2D eigenvalue weighted by Crippen LogP contribution is 2.18. The molecule has 0 aliphatic rings. The predicted molar refractivity (Wildman–Crippen MR) is 67.7 cm³/mol. The molecule has 0 aromatic heterocycles. The van der Waals surface area contributed by atoms with Crippen LogP contribution in [0.4, 0.5) is 0 Å². The molecule has 0 amide bonds. The first-order chi connectivity index (χ1) is 8.91. The van der Waals surface area contributed by atoms with Crippen LogP contribution in [0.15, 0.2) is 30.3 Å². The average molecular weight is 264 g/mol. The Balaban J connectivity index is 2.94. The maximum Gasteiger partial charge on any atom is 0.346 e. The maximum atomic E-state index is 12.0. The molecular formula is C14H16O5. The lowest BCUT2D eigenvalue weighted by molar-refractivity contribution is -0.169. The molecule has 0 bridgehead atoms. The number of carbonyl (C=O) groups excluding carboxylic acids is 3. The van der Waals surface area contributed by atoms with Gasteiger partial charge < -0.3 is 9.84 Å². The Kier molecular flexibility index (Phi) is 4.94. The number of rotatable bonds is 6. The molecule has 102 valence electrons. The van der Waals surface area contributed by atoms with Gasteiger partial charge in [-0.3, -0.25) is 9.59 Å². The molecule has 1 aromatic carbocycles. The van der Waals surface area contributed by atoms with Crippen LogP contribution >= 0.6 is 0 Å². The highest BCUT2D eigenvalue weighted by molar-refractivity contribution is 6.11. The van der Waals surface area contributed by atoms with Crippen molar-refractivity contribution in [2.24, 2.45) is 0 Å². The van der Waals surface area contributed by atoms with Gasteiger partial charge in [0.25, 0.3) is 0 Å². The molecule has 5 heteroatoms. The number of ether oxygens (including phenoxy) is 1. The molecule has 19 heavy (non-hydrogen) atoms. The number of benzene rings is 1. The van der Waals surface area contributed by atoms with E-state index in [1.165, 1.54) is 0 Å². The van der Waals surface area contributed by atoms with E-state index >= 15 is 0 Å². The van der Waals surface area contributed by atoms with Crippen LogP contribution in [0.5, 0.6) is 0 Å². The van der Waals surface area contributed by atoms with Gasteiger partial charge in [-0.05, 0) is 13.8 Å². The van der Waals surface area contributed by atoms with E-state index < -0.39 is 29.6 Å². The highest BCUT2D eigenvalue weighted by Gasteiger charge is 2.44. The fourth-order valence-electron chi connectivity index (χ4n) is 1.55. The van der Waals surface area contributed by atoms with Gasteiger partial charge >= 0.3 is 5.97 Å². The summed E-state index contributed by atoms with van der Waals surface area (Å²) in [7, 11) is 0. The zero-order valence-corrected chi connectivity index (χ0v) is 10.9. The van der Waals surface area contributed by atoms with Crippen molar-refractivity contribution in [1.29, 1.82) is 0 Å². The summed E-state index contributed by atoms with van der Waals surface area (Å²) in [6.07, 6.45) is -0.620. The number of Topliss-reactive ketones (excluding diaryl/α,β-unsaturated/α-hetero) is 2. The molecule has 1 rings (SSSR count). The molecule has 5 nitrogen and oxygen atoms in total. The molecule has 1 unspecified atom stereocenters. The molecule has 0 saturated carbocycles. The molecule has 0 heterocycles. The predicted octanol–water partition coefficient (Wildman–Crippen LogP) is 1.14. The molecular weight excluding hydrogens is 248 g/mol. The summed E-state index contributed by atoms with van der Waals surface area (Å²) in [4.78, 5) is 35.0. The summed E-state index contributed by atoms with van der Waals surface area (Å²) >= 11 is 0. The molecule has 1 N–H and O–H groups in total. The molecule has 1 atom stereocenters. The van der Waals surface area contributed by atoms with Crippen molar-refractivity contribution in [3.8, 4) is 0 Å². The molecule has 0 spiro atoms. The lowest BCUT2D eigenvalue weighted by Gasteiger charge is -2.22. The standard InChI is InChI=1S/C14H16O5/c1-3-19-13(17)14(18,10(2)15)9-12(16)11-7-5-4-6-8-11/h4-8,18H,3,9H2,1-2H3. The molecule has 0 fully saturated rings. The van der Waals surface area contributed by atoms with Crippen LogP contribution in [0.2, 0.25) is 0 Å². The van der Waals surface area contributed by atoms with Crippen molar-refractivity contribution in [2.45, 2.75) is 25.9 Å². The van der Waals surface area contributed by atoms with Crippen LogP contribution in [-0.4, -0.2) is 34.9 Å². The van der Waals surface area contributed by atoms with Crippen molar-refractivity contribution in [3.63, 3.8) is 0 Å². The van der Waals surface area contributed by atoms with E-state index in [-0.39, 0.29) is 6.61 Å². The van der Waals surface area contributed by atoms with E-state index in [4.69, 9.17) is 0 Å². The van der Waals surface area contributed by atoms with Crippen molar-refractivity contribution in [3.05, 3.63) is 35.9 Å². The van der Waals surface area contributed by atoms with Gasteiger partial charge in [0.05, 0.1) is 13.0 Å². The van der Waals surface area contributed by atoms with Crippen LogP contribution in [0.3, 0.4) is 0 Å². The lowest BCUT2D eigenvalue weighted by atomic mass is 9.90. The summed E-state index contributed by atoms with van der Waals surface area (Å²) in [6, 6.07) is 8.15. The van der Waals surface area contributed by atoms with Gasteiger partial charge in [0.1, 0.15) is 0 Å². The second kappa shape index (κ2) is 6.24. The zero-order chi connectivity index (χ0) is 14.5. The minimum Gasteiger partial charge on any atom is -0.464 e. The smallest absolute Gasteiger partial charge is 0.346 e. The number of hydrogen-bond donors (Lipinski definition) is 1. The average Bonchev–Trinajstić information content (AvgIpc) is 2.39. The van der Waals surface area contributed by atoms with Crippen LogP contribution in [0.1, 0.15) is 30.6 Å². The number of esters is 1. The van der Waals surface area contributed by atoms with E-state index in [1.54, 1.807) is 37.3 Å². The monoisotopic (exact) mass is 264 g/mol. The summed E-state index contributed by atoms with van der Waals surface area (Å²) in [5.74, 6) is -2.40. The third-order valence-electron chi connectivity index (χ3n) is 2.71. The number of carbonyl (C=O) groups is 3. The number of hydrogen-bond acceptors (Lipinski definition) is 5. The second-order valence-electron chi connectivity index (χ2n) is 4.10. The first-order valence-electron chi connectivity index (χ1n) is 5.90. The van der Waals surface area contributed by atoms with Crippen LogP contribution in [0, 0.1) is 0 Å². The molecule has 0 saturated heterocycles. The Morgan fingerprint density at radius 2 is 1.79 bits per heavy atom. The van der Waals surface area contributed by atoms with E-state index in [9.17, 15) is 19.5 Å². The third kappa shape index (κ3) is 3.48. The lowest BCUT2D eigenvalue weighted by Crippen LogP contribution is -2.48. The van der Waals surface area contributed by atoms with Gasteiger partial charge in [0.15, 0.2) is 11.6 Å². The summed E-state index contributed by atoms with van der Waals surface area (Å²) in [5.41, 5.74) is -2.09. The fraction of sp³-hybridized carbons (Fsp3) is 0.357. The Labute approximate surface area is 111 Å². The van der Waals surface area contributed by atoms with Crippen molar-refractivity contribution in [2.75, 3.05) is 6.61 Å². The molecule has 0 aliphatic carbocycles. The van der Waals surface area contributed by atoms with Crippen LogP contribution in [0.25, 0.3) is 0 Å². The SMILES string of the molecule is CCOC(=O)C(O)(CC(=O)c1ccccc1)C(C)=O. The topological polar surface area (TPSA) is 80.7 Å². The van der Waals surface area contributed by atoms with Gasteiger partial charge in [0, 0.05) is 5.56 Å². The van der Waals surface area contributed by atoms with Gasteiger partial charge in [-0.25, -0.2) is 4.79 Å². The number of aliphatic hydroxyl groups is 1. The zero-order valence-electron chi connectivity index (χ0n) is 10.9. The van der Waals surface area contributed by atoms with E-state index in [0.29, 0.717) is 5.56 Å². The quantitative estimate of drug-likeness (QED) is 0.473. The summed E-state index contributed by atoms with van der Waals surface area (Å²) in [5, 5.41) is 10.1. The second-order valence-corrected chi connectivity index (χ2v) is 4.10. The normalized spacial score (nSPS) is 13.4. The highest BCUT2D eigenvalue weighted by atomic mass is 16.5. The van der Waals surface area contributed by atoms with Gasteiger partial charge in [-0.1, -0.05) is 30.3 Å². The van der Waals surface area contributed by atoms with Gasteiger partial charge in [-0.2, -0.15) is 0 Å². The van der Waals surface area contributed by atoms with Gasteiger partial charge in [-0.15, -0.1) is 0 Å². The van der Waals surface area contributed by atoms with E-state index in [1.807, 2.05) is 0 Å². The molecule has 1 aromatic rings. The third-order valence-corrected chi connectivity index (χ3v) is 2.71. The summed E-state index contributed by atoms with van der Waals surface area (Å²) in [6.45, 7) is 2.63.